The second kappa shape index (κ2) is 5.10. The van der Waals surface area contributed by atoms with Gasteiger partial charge in [-0.15, -0.1) is 11.3 Å². The number of aryl methyl sites for hydroxylation is 2. The number of benzene rings is 1. The minimum Gasteiger partial charge on any atom is -0.290 e. The van der Waals surface area contributed by atoms with Gasteiger partial charge in [-0.3, -0.25) is 4.40 Å². The highest BCUT2D eigenvalue weighted by atomic mass is 32.1. The smallest absolute Gasteiger partial charge is 0.194 e. The van der Waals surface area contributed by atoms with Gasteiger partial charge in [0.05, 0.1) is 23.9 Å². The van der Waals surface area contributed by atoms with E-state index in [-0.39, 0.29) is 0 Å². The van der Waals surface area contributed by atoms with Crippen LogP contribution in [-0.4, -0.2) is 9.38 Å². The lowest BCUT2D eigenvalue weighted by Crippen LogP contribution is -1.94. The van der Waals surface area contributed by atoms with Gasteiger partial charge in [0.2, 0.25) is 0 Å². The van der Waals surface area contributed by atoms with E-state index in [2.05, 4.69) is 54.0 Å². The quantitative estimate of drug-likeness (QED) is 0.728. The van der Waals surface area contributed by atoms with Crippen molar-refractivity contribution in [1.29, 1.82) is 5.26 Å². The van der Waals surface area contributed by atoms with Gasteiger partial charge in [-0.1, -0.05) is 31.2 Å². The molecule has 20 heavy (non-hydrogen) atoms. The number of nitrogens with zero attached hydrogens (tertiary/aromatic N) is 3. The molecule has 100 valence electrons. The third-order valence-electron chi connectivity index (χ3n) is 3.51. The van der Waals surface area contributed by atoms with Crippen LogP contribution in [-0.2, 0) is 12.8 Å². The summed E-state index contributed by atoms with van der Waals surface area (Å²) in [6.45, 7) is 4.20. The number of rotatable bonds is 3. The zero-order valence-electron chi connectivity index (χ0n) is 11.6. The zero-order valence-corrected chi connectivity index (χ0v) is 12.4. The van der Waals surface area contributed by atoms with Gasteiger partial charge >= 0.3 is 0 Å². The van der Waals surface area contributed by atoms with Crippen LogP contribution in [0.5, 0.6) is 0 Å². The Hall–Kier alpha value is -2.12. The van der Waals surface area contributed by atoms with Crippen LogP contribution in [0.25, 0.3) is 16.2 Å². The largest absolute Gasteiger partial charge is 0.290 e. The average molecular weight is 281 g/mol. The van der Waals surface area contributed by atoms with E-state index in [0.29, 0.717) is 6.42 Å². The first-order valence-corrected chi connectivity index (χ1v) is 7.54. The number of aromatic nitrogens is 2. The molecule has 3 rings (SSSR count). The highest BCUT2D eigenvalue weighted by Gasteiger charge is 2.16. The first-order chi connectivity index (χ1) is 9.74. The summed E-state index contributed by atoms with van der Waals surface area (Å²) in [4.78, 5) is 5.67. The van der Waals surface area contributed by atoms with Crippen LogP contribution in [0.4, 0.5) is 0 Å². The molecule has 2 heterocycles. The van der Waals surface area contributed by atoms with Crippen LogP contribution in [0.1, 0.15) is 23.9 Å². The molecule has 0 saturated heterocycles. The van der Waals surface area contributed by atoms with Crippen molar-refractivity contribution in [3.8, 4) is 17.3 Å². The highest BCUT2D eigenvalue weighted by molar-refractivity contribution is 7.15. The third kappa shape index (κ3) is 2.00. The van der Waals surface area contributed by atoms with E-state index in [1.165, 1.54) is 5.56 Å². The van der Waals surface area contributed by atoms with E-state index >= 15 is 0 Å². The number of fused-ring (bicyclic) bond motifs is 1. The number of nitriles is 1. The van der Waals surface area contributed by atoms with E-state index in [4.69, 9.17) is 10.2 Å². The van der Waals surface area contributed by atoms with Crippen LogP contribution in [0, 0.1) is 18.3 Å². The molecule has 3 aromatic rings. The van der Waals surface area contributed by atoms with Gasteiger partial charge in [-0.2, -0.15) is 5.26 Å². The molecule has 0 spiro atoms. The van der Waals surface area contributed by atoms with Gasteiger partial charge in [0, 0.05) is 16.6 Å². The van der Waals surface area contributed by atoms with Crippen molar-refractivity contribution in [3.63, 3.8) is 0 Å². The highest BCUT2D eigenvalue weighted by Crippen LogP contribution is 2.28. The van der Waals surface area contributed by atoms with Gasteiger partial charge in [0.1, 0.15) is 0 Å². The van der Waals surface area contributed by atoms with Crippen molar-refractivity contribution < 1.29 is 0 Å². The van der Waals surface area contributed by atoms with E-state index in [9.17, 15) is 0 Å². The Bertz CT molecular complexity index is 788. The Morgan fingerprint density at radius 2 is 2.05 bits per heavy atom. The van der Waals surface area contributed by atoms with E-state index in [1.54, 1.807) is 11.3 Å². The summed E-state index contributed by atoms with van der Waals surface area (Å²) in [5.74, 6) is 0. The monoisotopic (exact) mass is 281 g/mol. The minimum absolute atomic E-state index is 0.379. The maximum Gasteiger partial charge on any atom is 0.194 e. The number of thiazole rings is 1. The van der Waals surface area contributed by atoms with E-state index < -0.39 is 0 Å². The Kier molecular flexibility index (Phi) is 3.29. The fraction of sp³-hybridized carbons (Fsp3) is 0.250. The minimum atomic E-state index is 0.379. The molecule has 0 saturated carbocycles. The summed E-state index contributed by atoms with van der Waals surface area (Å²) < 4.78 is 2.09. The van der Waals surface area contributed by atoms with Crippen molar-refractivity contribution in [2.24, 2.45) is 0 Å². The van der Waals surface area contributed by atoms with Gasteiger partial charge in [-0.05, 0) is 18.9 Å². The van der Waals surface area contributed by atoms with E-state index in [1.807, 2.05) is 0 Å². The summed E-state index contributed by atoms with van der Waals surface area (Å²) in [5, 5.41) is 11.2. The molecule has 0 fully saturated rings. The predicted molar refractivity (Wildman–Crippen MR) is 81.9 cm³/mol. The van der Waals surface area contributed by atoms with Crippen LogP contribution >= 0.6 is 11.3 Å². The molecule has 0 radical (unpaired) electrons. The lowest BCUT2D eigenvalue weighted by atomic mass is 10.1. The molecule has 0 aliphatic rings. The molecule has 0 N–H and O–H groups in total. The van der Waals surface area contributed by atoms with Gasteiger partial charge in [0.25, 0.3) is 0 Å². The standard InChI is InChI=1S/C16H15N3S/c1-3-12-4-6-13(7-5-12)15-14(8-9-17)19-11(2)10-20-16(19)18-15/h4-7,10H,3,8H2,1-2H3. The lowest BCUT2D eigenvalue weighted by Gasteiger charge is -2.03. The fourth-order valence-corrected chi connectivity index (χ4v) is 3.32. The van der Waals surface area contributed by atoms with Crippen molar-refractivity contribution in [1.82, 2.24) is 9.38 Å². The SMILES string of the molecule is CCc1ccc(-c2nc3scc(C)n3c2CC#N)cc1. The molecule has 1 aromatic carbocycles. The molecule has 2 aromatic heterocycles. The zero-order chi connectivity index (χ0) is 14.1. The molecule has 0 atom stereocenters. The summed E-state index contributed by atoms with van der Waals surface area (Å²) >= 11 is 1.62. The molecular formula is C16H15N3S. The molecular weight excluding hydrogens is 266 g/mol. The molecule has 4 heteroatoms. The summed E-state index contributed by atoms with van der Waals surface area (Å²) in [6, 6.07) is 10.7. The molecule has 0 unspecified atom stereocenters. The normalized spacial score (nSPS) is 10.8. The maximum absolute atomic E-state index is 9.09. The van der Waals surface area contributed by atoms with Gasteiger partial charge in [0.15, 0.2) is 4.96 Å². The van der Waals surface area contributed by atoms with Crippen molar-refractivity contribution >= 4 is 16.3 Å². The maximum atomic E-state index is 9.09. The summed E-state index contributed by atoms with van der Waals surface area (Å²) in [7, 11) is 0. The molecule has 0 amide bonds. The lowest BCUT2D eigenvalue weighted by molar-refractivity contribution is 1.03. The Labute approximate surface area is 122 Å². The molecule has 3 nitrogen and oxygen atoms in total. The van der Waals surface area contributed by atoms with Crippen LogP contribution in [0.2, 0.25) is 0 Å². The molecule has 0 bridgehead atoms. The van der Waals surface area contributed by atoms with Gasteiger partial charge < -0.3 is 0 Å². The van der Waals surface area contributed by atoms with Crippen molar-refractivity contribution in [2.45, 2.75) is 26.7 Å². The molecule has 0 aliphatic carbocycles. The number of hydrogen-bond donors (Lipinski definition) is 0. The summed E-state index contributed by atoms with van der Waals surface area (Å²) in [5.41, 5.74) is 5.46. The van der Waals surface area contributed by atoms with Crippen LogP contribution in [0.3, 0.4) is 0 Å². The van der Waals surface area contributed by atoms with Crippen molar-refractivity contribution in [3.05, 3.63) is 46.6 Å². The second-order valence-corrected chi connectivity index (χ2v) is 5.62. The van der Waals surface area contributed by atoms with Gasteiger partial charge in [-0.25, -0.2) is 4.98 Å². The van der Waals surface area contributed by atoms with Crippen molar-refractivity contribution in [2.75, 3.05) is 0 Å². The molecule has 0 aliphatic heterocycles. The third-order valence-corrected chi connectivity index (χ3v) is 4.46. The second-order valence-electron chi connectivity index (χ2n) is 4.79. The fourth-order valence-electron chi connectivity index (χ4n) is 2.43. The first-order valence-electron chi connectivity index (χ1n) is 6.66. The van der Waals surface area contributed by atoms with E-state index in [0.717, 1.165) is 34.0 Å². The Balaban J connectivity index is 2.19. The predicted octanol–water partition coefficient (Wildman–Crippen LogP) is 4.00. The average Bonchev–Trinajstić information content (AvgIpc) is 3.01. The summed E-state index contributed by atoms with van der Waals surface area (Å²) in [6.07, 6.45) is 1.41. The first kappa shape index (κ1) is 12.9. The number of hydrogen-bond acceptors (Lipinski definition) is 3. The topological polar surface area (TPSA) is 41.1 Å². The van der Waals surface area contributed by atoms with Crippen LogP contribution in [0.15, 0.2) is 29.6 Å². The van der Waals surface area contributed by atoms with Crippen LogP contribution < -0.4 is 0 Å². The number of imidazole rings is 1. The Morgan fingerprint density at radius 3 is 2.70 bits per heavy atom. The Morgan fingerprint density at radius 1 is 1.30 bits per heavy atom.